The Kier molecular flexibility index (Phi) is 5.17. The zero-order chi connectivity index (χ0) is 21.9. The van der Waals surface area contributed by atoms with Gasteiger partial charge >= 0.3 is 0 Å². The summed E-state index contributed by atoms with van der Waals surface area (Å²) in [5, 5.41) is 0. The van der Waals surface area contributed by atoms with Crippen LogP contribution in [0.1, 0.15) is 22.5 Å². The smallest absolute Gasteiger partial charge is 0.222 e. The summed E-state index contributed by atoms with van der Waals surface area (Å²) >= 11 is 0. The maximum absolute atomic E-state index is 6.04. The predicted molar refractivity (Wildman–Crippen MR) is 128 cm³/mol. The average molecular weight is 419 g/mol. The average Bonchev–Trinajstić information content (AvgIpc) is 2.81. The minimum atomic E-state index is 0.198. The Bertz CT molecular complexity index is 1370. The van der Waals surface area contributed by atoms with Crippen molar-refractivity contribution in [3.8, 4) is 11.3 Å². The number of nitrogen functional groups attached to an aromatic ring is 2. The quantitative estimate of drug-likeness (QED) is 0.409. The van der Waals surface area contributed by atoms with Crippen molar-refractivity contribution in [2.75, 3.05) is 11.5 Å². The van der Waals surface area contributed by atoms with Gasteiger partial charge in [0.2, 0.25) is 5.95 Å². The van der Waals surface area contributed by atoms with Gasteiger partial charge in [-0.3, -0.25) is 0 Å². The lowest BCUT2D eigenvalue weighted by atomic mass is 10.0. The highest BCUT2D eigenvalue weighted by atomic mass is 15.1. The number of rotatable bonds is 5. The summed E-state index contributed by atoms with van der Waals surface area (Å²) in [7, 11) is 0. The van der Waals surface area contributed by atoms with Crippen molar-refractivity contribution in [1.29, 1.82) is 0 Å². The van der Waals surface area contributed by atoms with Crippen LogP contribution in [-0.4, -0.2) is 19.9 Å². The molecule has 0 aliphatic carbocycles. The van der Waals surface area contributed by atoms with Crippen LogP contribution >= 0.6 is 0 Å². The van der Waals surface area contributed by atoms with Crippen molar-refractivity contribution in [3.63, 3.8) is 0 Å². The van der Waals surface area contributed by atoms with Crippen LogP contribution in [0.5, 0.6) is 0 Å². The van der Waals surface area contributed by atoms with E-state index in [1.165, 1.54) is 0 Å². The number of anilines is 2. The Morgan fingerprint density at radius 1 is 0.562 bits per heavy atom. The molecule has 0 radical (unpaired) electrons. The second-order valence-electron chi connectivity index (χ2n) is 7.67. The van der Waals surface area contributed by atoms with E-state index in [2.05, 4.69) is 34.2 Å². The van der Waals surface area contributed by atoms with Crippen LogP contribution in [0.4, 0.5) is 11.6 Å². The number of nitrogens with two attached hydrogens (primary N) is 2. The van der Waals surface area contributed by atoms with Crippen LogP contribution < -0.4 is 11.5 Å². The normalized spacial score (nSPS) is 11.0. The van der Waals surface area contributed by atoms with E-state index in [4.69, 9.17) is 21.4 Å². The molecule has 0 saturated carbocycles. The third-order valence-electron chi connectivity index (χ3n) is 5.31. The zero-order valence-corrected chi connectivity index (χ0v) is 17.4. The molecule has 4 N–H and O–H groups in total. The van der Waals surface area contributed by atoms with Crippen LogP contribution in [0, 0.1) is 0 Å². The topological polar surface area (TPSA) is 104 Å². The largest absolute Gasteiger partial charge is 0.399 e. The van der Waals surface area contributed by atoms with Gasteiger partial charge in [0, 0.05) is 24.1 Å². The molecule has 6 nitrogen and oxygen atoms in total. The minimum absolute atomic E-state index is 0.198. The van der Waals surface area contributed by atoms with Crippen LogP contribution in [0.3, 0.4) is 0 Å². The minimum Gasteiger partial charge on any atom is -0.399 e. The fourth-order valence-electron chi connectivity index (χ4n) is 3.75. The Balaban J connectivity index is 1.69. The summed E-state index contributed by atoms with van der Waals surface area (Å²) < 4.78 is 0. The van der Waals surface area contributed by atoms with Crippen molar-refractivity contribution in [2.45, 2.75) is 12.8 Å². The fraction of sp³-hybridized carbons (Fsp3) is 0.0769. The summed E-state index contributed by atoms with van der Waals surface area (Å²) in [4.78, 5) is 18.8. The molecule has 0 saturated heterocycles. The molecule has 3 aromatic carbocycles. The molecule has 0 aliphatic heterocycles. The lowest BCUT2D eigenvalue weighted by Gasteiger charge is -2.13. The summed E-state index contributed by atoms with van der Waals surface area (Å²) in [5.74, 6) is 0.198. The molecule has 32 heavy (non-hydrogen) atoms. The molecule has 2 heterocycles. The van der Waals surface area contributed by atoms with Crippen molar-refractivity contribution in [3.05, 3.63) is 107 Å². The van der Waals surface area contributed by atoms with Gasteiger partial charge in [0.05, 0.1) is 17.1 Å². The first-order chi connectivity index (χ1) is 15.7. The maximum Gasteiger partial charge on any atom is 0.222 e. The van der Waals surface area contributed by atoms with Crippen LogP contribution in [-0.2, 0) is 12.8 Å². The summed E-state index contributed by atoms with van der Waals surface area (Å²) in [5.41, 5.74) is 19.4. The molecule has 0 bridgehead atoms. The predicted octanol–water partition coefficient (Wildman–Crippen LogP) is 4.43. The first kappa shape index (κ1) is 19.6. The molecular formula is C26H22N6. The molecular weight excluding hydrogens is 396 g/mol. The molecule has 5 rings (SSSR count). The summed E-state index contributed by atoms with van der Waals surface area (Å²) in [6, 6.07) is 28.0. The number of benzene rings is 3. The zero-order valence-electron chi connectivity index (χ0n) is 17.4. The van der Waals surface area contributed by atoms with E-state index >= 15 is 0 Å². The van der Waals surface area contributed by atoms with Crippen molar-refractivity contribution in [1.82, 2.24) is 19.9 Å². The van der Waals surface area contributed by atoms with Gasteiger partial charge in [-0.2, -0.15) is 4.98 Å². The second kappa shape index (κ2) is 8.43. The third kappa shape index (κ3) is 4.11. The van der Waals surface area contributed by atoms with Crippen LogP contribution in [0.15, 0.2) is 84.9 Å². The third-order valence-corrected chi connectivity index (χ3v) is 5.31. The lowest BCUT2D eigenvalue weighted by molar-refractivity contribution is 1.01. The van der Waals surface area contributed by atoms with E-state index in [1.807, 2.05) is 60.7 Å². The number of hydrogen-bond donors (Lipinski definition) is 2. The van der Waals surface area contributed by atoms with Gasteiger partial charge in [-0.05, 0) is 23.3 Å². The van der Waals surface area contributed by atoms with Gasteiger partial charge in [-0.15, -0.1) is 0 Å². The van der Waals surface area contributed by atoms with Crippen LogP contribution in [0.25, 0.3) is 22.4 Å². The first-order valence-corrected chi connectivity index (χ1v) is 10.4. The van der Waals surface area contributed by atoms with Gasteiger partial charge in [0.25, 0.3) is 0 Å². The molecule has 6 heteroatoms. The lowest BCUT2D eigenvalue weighted by Crippen LogP contribution is -2.08. The number of aromatic nitrogens is 4. The van der Waals surface area contributed by atoms with Gasteiger partial charge in [0.15, 0.2) is 5.65 Å². The molecule has 0 fully saturated rings. The monoisotopic (exact) mass is 418 g/mol. The van der Waals surface area contributed by atoms with Crippen molar-refractivity contribution in [2.24, 2.45) is 0 Å². The number of fused-ring (bicyclic) bond motifs is 1. The standard InChI is InChI=1S/C26H22N6/c27-20-13-11-19(12-14-20)23-21(15-17-7-3-1-4-8-17)29-25-24(31-23)22(30-26(28)32-25)16-18-9-5-2-6-10-18/h1-14H,15-16,27H2,(H2,28,29,30,32). The van der Waals surface area contributed by atoms with E-state index in [1.54, 1.807) is 0 Å². The highest BCUT2D eigenvalue weighted by Gasteiger charge is 2.17. The van der Waals surface area contributed by atoms with E-state index in [0.29, 0.717) is 29.7 Å². The second-order valence-corrected chi connectivity index (χ2v) is 7.67. The summed E-state index contributed by atoms with van der Waals surface area (Å²) in [6.45, 7) is 0. The maximum atomic E-state index is 6.04. The van der Waals surface area contributed by atoms with E-state index < -0.39 is 0 Å². The number of nitrogens with zero attached hydrogens (tertiary/aromatic N) is 4. The Morgan fingerprint density at radius 3 is 1.78 bits per heavy atom. The van der Waals surface area contributed by atoms with Gasteiger partial charge in [-0.25, -0.2) is 15.0 Å². The Labute approximate surface area is 186 Å². The molecule has 0 atom stereocenters. The molecule has 0 unspecified atom stereocenters. The molecule has 0 spiro atoms. The van der Waals surface area contributed by atoms with Crippen molar-refractivity contribution >= 4 is 22.8 Å². The highest BCUT2D eigenvalue weighted by Crippen LogP contribution is 2.27. The van der Waals surface area contributed by atoms with Gasteiger partial charge in [-0.1, -0.05) is 72.8 Å². The number of hydrogen-bond acceptors (Lipinski definition) is 6. The molecule has 0 amide bonds. The molecule has 156 valence electrons. The Hall–Kier alpha value is -4.32. The highest BCUT2D eigenvalue weighted by molar-refractivity contribution is 5.79. The van der Waals surface area contributed by atoms with Gasteiger partial charge < -0.3 is 11.5 Å². The molecule has 2 aromatic heterocycles. The summed E-state index contributed by atoms with van der Waals surface area (Å²) in [6.07, 6.45) is 1.22. The SMILES string of the molecule is Nc1ccc(-c2nc3c(Cc4ccccc4)nc(N)nc3nc2Cc2ccccc2)cc1. The molecule has 5 aromatic rings. The molecule has 0 aliphatic rings. The van der Waals surface area contributed by atoms with E-state index in [0.717, 1.165) is 33.8 Å². The van der Waals surface area contributed by atoms with Gasteiger partial charge in [0.1, 0.15) is 5.52 Å². The van der Waals surface area contributed by atoms with Crippen molar-refractivity contribution < 1.29 is 0 Å². The Morgan fingerprint density at radius 2 is 1.16 bits per heavy atom. The van der Waals surface area contributed by atoms with E-state index in [-0.39, 0.29) is 5.95 Å². The van der Waals surface area contributed by atoms with E-state index in [9.17, 15) is 0 Å². The van der Waals surface area contributed by atoms with Crippen LogP contribution in [0.2, 0.25) is 0 Å². The first-order valence-electron chi connectivity index (χ1n) is 10.4. The fourth-order valence-corrected chi connectivity index (χ4v) is 3.75.